The maximum Gasteiger partial charge on any atom is 0.257 e. The second kappa shape index (κ2) is 5.94. The Balaban J connectivity index is 3.41. The highest BCUT2D eigenvalue weighted by Gasteiger charge is 2.12. The molecule has 78 valence electrons. The van der Waals surface area contributed by atoms with Crippen molar-refractivity contribution in [1.29, 1.82) is 0 Å². The van der Waals surface area contributed by atoms with Crippen molar-refractivity contribution in [2.75, 3.05) is 13.1 Å². The summed E-state index contributed by atoms with van der Waals surface area (Å²) in [5.41, 5.74) is 2.05. The number of carbonyl (C=O) groups excluding carboxylic acids is 1. The van der Waals surface area contributed by atoms with E-state index in [2.05, 4.69) is 17.7 Å². The SMILES string of the molecule is CCCNCC(=O)NOC(C)(C)C. The summed E-state index contributed by atoms with van der Waals surface area (Å²) in [6.07, 6.45) is 1.02. The van der Waals surface area contributed by atoms with Crippen LogP contribution in [-0.4, -0.2) is 24.6 Å². The van der Waals surface area contributed by atoms with Crippen molar-refractivity contribution < 1.29 is 9.63 Å². The van der Waals surface area contributed by atoms with Crippen LogP contribution in [0.3, 0.4) is 0 Å². The summed E-state index contributed by atoms with van der Waals surface area (Å²) in [6, 6.07) is 0. The molecule has 13 heavy (non-hydrogen) atoms. The van der Waals surface area contributed by atoms with E-state index in [1.54, 1.807) is 0 Å². The van der Waals surface area contributed by atoms with E-state index in [4.69, 9.17) is 4.84 Å². The van der Waals surface area contributed by atoms with Gasteiger partial charge in [-0.2, -0.15) is 0 Å². The van der Waals surface area contributed by atoms with E-state index >= 15 is 0 Å². The lowest BCUT2D eigenvalue weighted by Crippen LogP contribution is -2.38. The Kier molecular flexibility index (Phi) is 5.66. The molecule has 2 N–H and O–H groups in total. The summed E-state index contributed by atoms with van der Waals surface area (Å²) in [6.45, 7) is 8.86. The normalized spacial score (nSPS) is 11.4. The number of rotatable bonds is 5. The zero-order valence-corrected chi connectivity index (χ0v) is 8.94. The molecule has 0 heterocycles. The van der Waals surface area contributed by atoms with Gasteiger partial charge in [0.2, 0.25) is 0 Å². The van der Waals surface area contributed by atoms with Crippen LogP contribution in [-0.2, 0) is 9.63 Å². The minimum absolute atomic E-state index is 0.136. The van der Waals surface area contributed by atoms with Crippen LogP contribution >= 0.6 is 0 Å². The third-order valence-electron chi connectivity index (χ3n) is 1.18. The van der Waals surface area contributed by atoms with Gasteiger partial charge in [-0.25, -0.2) is 5.48 Å². The monoisotopic (exact) mass is 188 g/mol. The average Bonchev–Trinajstić information content (AvgIpc) is 2.00. The Labute approximate surface area is 80.0 Å². The molecule has 0 aromatic rings. The fraction of sp³-hybridized carbons (Fsp3) is 0.889. The van der Waals surface area contributed by atoms with E-state index in [0.29, 0.717) is 6.54 Å². The van der Waals surface area contributed by atoms with Crippen molar-refractivity contribution in [2.45, 2.75) is 39.7 Å². The summed E-state index contributed by atoms with van der Waals surface area (Å²) in [5, 5.41) is 2.98. The first-order valence-corrected chi connectivity index (χ1v) is 4.63. The zero-order valence-electron chi connectivity index (χ0n) is 8.94. The van der Waals surface area contributed by atoms with Crippen LogP contribution in [0.2, 0.25) is 0 Å². The lowest BCUT2D eigenvalue weighted by molar-refractivity contribution is -0.144. The molecular formula is C9H20N2O2. The highest BCUT2D eigenvalue weighted by Crippen LogP contribution is 2.02. The molecule has 0 rings (SSSR count). The third-order valence-corrected chi connectivity index (χ3v) is 1.18. The Morgan fingerprint density at radius 1 is 1.38 bits per heavy atom. The van der Waals surface area contributed by atoms with Crippen LogP contribution in [0.1, 0.15) is 34.1 Å². The lowest BCUT2D eigenvalue weighted by atomic mass is 10.2. The molecule has 0 atom stereocenters. The Bertz CT molecular complexity index is 152. The predicted molar refractivity (Wildman–Crippen MR) is 52.1 cm³/mol. The van der Waals surface area contributed by atoms with E-state index in [-0.39, 0.29) is 11.5 Å². The minimum atomic E-state index is -0.333. The van der Waals surface area contributed by atoms with Crippen LogP contribution in [0.4, 0.5) is 0 Å². The van der Waals surface area contributed by atoms with Crippen LogP contribution in [0.25, 0.3) is 0 Å². The molecule has 0 aliphatic carbocycles. The van der Waals surface area contributed by atoms with Gasteiger partial charge in [0.25, 0.3) is 5.91 Å². The van der Waals surface area contributed by atoms with E-state index < -0.39 is 0 Å². The van der Waals surface area contributed by atoms with Gasteiger partial charge < -0.3 is 5.32 Å². The van der Waals surface area contributed by atoms with Gasteiger partial charge >= 0.3 is 0 Å². The Hall–Kier alpha value is -0.610. The maximum absolute atomic E-state index is 11.1. The van der Waals surface area contributed by atoms with Gasteiger partial charge in [-0.15, -0.1) is 0 Å². The molecule has 0 aliphatic heterocycles. The molecule has 0 aliphatic rings. The van der Waals surface area contributed by atoms with Crippen molar-refractivity contribution in [3.05, 3.63) is 0 Å². The van der Waals surface area contributed by atoms with Crippen molar-refractivity contribution >= 4 is 5.91 Å². The Morgan fingerprint density at radius 2 is 2.00 bits per heavy atom. The summed E-state index contributed by atoms with van der Waals surface area (Å²) in [4.78, 5) is 16.1. The summed E-state index contributed by atoms with van der Waals surface area (Å²) < 4.78 is 0. The molecule has 0 spiro atoms. The number of nitrogens with one attached hydrogen (secondary N) is 2. The highest BCUT2D eigenvalue weighted by atomic mass is 16.7. The first kappa shape index (κ1) is 12.4. The molecule has 4 heteroatoms. The van der Waals surface area contributed by atoms with Crippen molar-refractivity contribution in [3.8, 4) is 0 Å². The third kappa shape index (κ3) is 9.30. The molecule has 1 amide bonds. The van der Waals surface area contributed by atoms with Gasteiger partial charge in [0.05, 0.1) is 12.1 Å². The average molecular weight is 188 g/mol. The van der Waals surface area contributed by atoms with Crippen LogP contribution < -0.4 is 10.8 Å². The molecule has 0 saturated carbocycles. The molecule has 0 fully saturated rings. The molecule has 0 radical (unpaired) electrons. The standard InChI is InChI=1S/C9H20N2O2/c1-5-6-10-7-8(12)11-13-9(2,3)4/h10H,5-7H2,1-4H3,(H,11,12). The van der Waals surface area contributed by atoms with Gasteiger partial charge in [0.1, 0.15) is 0 Å². The number of hydroxylamine groups is 1. The fourth-order valence-corrected chi connectivity index (χ4v) is 0.625. The number of carbonyl (C=O) groups is 1. The number of hydrogen-bond donors (Lipinski definition) is 2. The van der Waals surface area contributed by atoms with Crippen molar-refractivity contribution in [1.82, 2.24) is 10.8 Å². The smallest absolute Gasteiger partial charge is 0.257 e. The first-order chi connectivity index (χ1) is 5.95. The molecule has 0 aromatic heterocycles. The predicted octanol–water partition coefficient (Wildman–Crippen LogP) is 0.832. The molecule has 0 unspecified atom stereocenters. The highest BCUT2D eigenvalue weighted by molar-refractivity contribution is 5.76. The fourth-order valence-electron chi connectivity index (χ4n) is 0.625. The van der Waals surface area contributed by atoms with Crippen LogP contribution in [0.5, 0.6) is 0 Å². The van der Waals surface area contributed by atoms with Gasteiger partial charge in [-0.05, 0) is 33.7 Å². The van der Waals surface area contributed by atoms with Gasteiger partial charge in [0.15, 0.2) is 0 Å². The Morgan fingerprint density at radius 3 is 2.46 bits per heavy atom. The van der Waals surface area contributed by atoms with Crippen LogP contribution in [0, 0.1) is 0 Å². The molecule has 0 bridgehead atoms. The molecular weight excluding hydrogens is 168 g/mol. The minimum Gasteiger partial charge on any atom is -0.308 e. The second-order valence-electron chi connectivity index (χ2n) is 3.92. The van der Waals surface area contributed by atoms with Gasteiger partial charge in [-0.1, -0.05) is 6.92 Å². The van der Waals surface area contributed by atoms with Crippen LogP contribution in [0.15, 0.2) is 0 Å². The molecule has 0 aromatic carbocycles. The quantitative estimate of drug-likeness (QED) is 0.496. The van der Waals surface area contributed by atoms with Crippen molar-refractivity contribution in [3.63, 3.8) is 0 Å². The van der Waals surface area contributed by atoms with E-state index in [1.165, 1.54) is 0 Å². The number of hydrogen-bond acceptors (Lipinski definition) is 3. The van der Waals surface area contributed by atoms with Gasteiger partial charge in [0, 0.05) is 0 Å². The molecule has 4 nitrogen and oxygen atoms in total. The zero-order chi connectivity index (χ0) is 10.3. The summed E-state index contributed by atoms with van der Waals surface area (Å²) >= 11 is 0. The topological polar surface area (TPSA) is 50.4 Å². The lowest BCUT2D eigenvalue weighted by Gasteiger charge is -2.18. The maximum atomic E-state index is 11.1. The van der Waals surface area contributed by atoms with Gasteiger partial charge in [-0.3, -0.25) is 9.63 Å². The van der Waals surface area contributed by atoms with E-state index in [9.17, 15) is 4.79 Å². The van der Waals surface area contributed by atoms with E-state index in [1.807, 2.05) is 20.8 Å². The largest absolute Gasteiger partial charge is 0.308 e. The molecule has 0 saturated heterocycles. The van der Waals surface area contributed by atoms with E-state index in [0.717, 1.165) is 13.0 Å². The second-order valence-corrected chi connectivity index (χ2v) is 3.92. The first-order valence-electron chi connectivity index (χ1n) is 4.63. The van der Waals surface area contributed by atoms with Crippen molar-refractivity contribution in [2.24, 2.45) is 0 Å². The summed E-state index contributed by atoms with van der Waals surface area (Å²) in [5.74, 6) is -0.136. The number of amides is 1. The summed E-state index contributed by atoms with van der Waals surface area (Å²) in [7, 11) is 0.